The first-order valence-electron chi connectivity index (χ1n) is 10.2. The van der Waals surface area contributed by atoms with Gasteiger partial charge in [0.05, 0.1) is 0 Å². The Kier molecular flexibility index (Phi) is 3.77. The van der Waals surface area contributed by atoms with Gasteiger partial charge >= 0.3 is 0 Å². The lowest BCUT2D eigenvalue weighted by molar-refractivity contribution is -0.162. The van der Waals surface area contributed by atoms with Gasteiger partial charge < -0.3 is 5.11 Å². The maximum atomic E-state index is 12.5. The molecule has 0 spiro atoms. The first-order chi connectivity index (χ1) is 12.1. The van der Waals surface area contributed by atoms with E-state index in [1.165, 1.54) is 11.1 Å². The third-order valence-electron chi connectivity index (χ3n) is 8.95. The first kappa shape index (κ1) is 18.2. The largest absolute Gasteiger partial charge is 0.381 e. The number of aliphatic hydroxyl groups is 1. The van der Waals surface area contributed by atoms with Crippen LogP contribution in [0.2, 0.25) is 0 Å². The van der Waals surface area contributed by atoms with Gasteiger partial charge in [-0.3, -0.25) is 9.59 Å². The average Bonchev–Trinajstić information content (AvgIpc) is 2.78. The zero-order valence-corrected chi connectivity index (χ0v) is 16.8. The third-order valence-corrected chi connectivity index (χ3v) is 8.95. The van der Waals surface area contributed by atoms with Crippen LogP contribution in [0.4, 0.5) is 0 Å². The molecule has 0 bridgehead atoms. The Labute approximate surface area is 156 Å². The highest BCUT2D eigenvalue weighted by Crippen LogP contribution is 2.68. The van der Waals surface area contributed by atoms with Crippen molar-refractivity contribution in [2.75, 3.05) is 0 Å². The van der Waals surface area contributed by atoms with Gasteiger partial charge in [0.25, 0.3) is 0 Å². The fourth-order valence-corrected chi connectivity index (χ4v) is 7.51. The highest BCUT2D eigenvalue weighted by Gasteiger charge is 2.67. The molecule has 2 fully saturated rings. The minimum Gasteiger partial charge on any atom is -0.381 e. The Bertz CT molecular complexity index is 747. The number of rotatable bonds is 1. The van der Waals surface area contributed by atoms with Crippen molar-refractivity contribution in [1.82, 2.24) is 0 Å². The van der Waals surface area contributed by atoms with Crippen LogP contribution in [0.5, 0.6) is 0 Å². The van der Waals surface area contributed by atoms with Gasteiger partial charge in [0.15, 0.2) is 11.6 Å². The smallest absolute Gasteiger partial charge is 0.162 e. The van der Waals surface area contributed by atoms with Gasteiger partial charge in [-0.2, -0.15) is 0 Å². The maximum Gasteiger partial charge on any atom is 0.162 e. The van der Waals surface area contributed by atoms with Crippen molar-refractivity contribution in [2.45, 2.75) is 72.3 Å². The molecule has 3 nitrogen and oxygen atoms in total. The fourth-order valence-electron chi connectivity index (χ4n) is 7.51. The molecular formula is C23H32O3. The maximum absolute atomic E-state index is 12.5. The van der Waals surface area contributed by atoms with E-state index in [0.717, 1.165) is 25.7 Å². The molecule has 0 aliphatic heterocycles. The Morgan fingerprint density at radius 1 is 1.23 bits per heavy atom. The van der Waals surface area contributed by atoms with Crippen molar-refractivity contribution in [2.24, 2.45) is 34.5 Å². The van der Waals surface area contributed by atoms with Crippen LogP contribution in [0.1, 0.15) is 66.7 Å². The predicted molar refractivity (Wildman–Crippen MR) is 101 cm³/mol. The van der Waals surface area contributed by atoms with Crippen LogP contribution < -0.4 is 0 Å². The van der Waals surface area contributed by atoms with E-state index in [2.05, 4.69) is 26.8 Å². The molecule has 0 heterocycles. The lowest BCUT2D eigenvalue weighted by atomic mass is 9.47. The van der Waals surface area contributed by atoms with Gasteiger partial charge in [0.1, 0.15) is 5.60 Å². The van der Waals surface area contributed by atoms with E-state index in [1.807, 2.05) is 13.0 Å². The van der Waals surface area contributed by atoms with E-state index in [9.17, 15) is 14.7 Å². The molecule has 1 N–H and O–H groups in total. The normalized spacial score (nSPS) is 50.3. The van der Waals surface area contributed by atoms with Crippen LogP contribution in [0.15, 0.2) is 23.3 Å². The minimum absolute atomic E-state index is 0.000125. The molecule has 4 aliphatic carbocycles. The van der Waals surface area contributed by atoms with Crippen LogP contribution in [-0.4, -0.2) is 22.3 Å². The van der Waals surface area contributed by atoms with Gasteiger partial charge in [-0.25, -0.2) is 0 Å². The van der Waals surface area contributed by atoms with Crippen molar-refractivity contribution < 1.29 is 14.7 Å². The summed E-state index contributed by atoms with van der Waals surface area (Å²) < 4.78 is 0. The average molecular weight is 357 g/mol. The summed E-state index contributed by atoms with van der Waals surface area (Å²) >= 11 is 0. The van der Waals surface area contributed by atoms with Crippen LogP contribution >= 0.6 is 0 Å². The lowest BCUT2D eigenvalue weighted by Crippen LogP contribution is -2.58. The Morgan fingerprint density at radius 3 is 2.58 bits per heavy atom. The Hall–Kier alpha value is -1.22. The van der Waals surface area contributed by atoms with E-state index >= 15 is 0 Å². The van der Waals surface area contributed by atoms with Crippen molar-refractivity contribution in [3.8, 4) is 0 Å². The molecule has 0 aromatic heterocycles. The van der Waals surface area contributed by atoms with Crippen molar-refractivity contribution in [1.29, 1.82) is 0 Å². The molecule has 4 rings (SSSR count). The van der Waals surface area contributed by atoms with Crippen molar-refractivity contribution >= 4 is 11.6 Å². The van der Waals surface area contributed by atoms with Gasteiger partial charge in [0.2, 0.25) is 0 Å². The molecule has 2 saturated carbocycles. The van der Waals surface area contributed by atoms with Gasteiger partial charge in [-0.15, -0.1) is 0 Å². The number of fused-ring (bicyclic) bond motifs is 5. The number of carbonyl (C=O) groups excluding carboxylic acids is 2. The summed E-state index contributed by atoms with van der Waals surface area (Å²) in [6.07, 6.45) is 8.66. The number of allylic oxidation sites excluding steroid dienone is 4. The summed E-state index contributed by atoms with van der Waals surface area (Å²) in [6.45, 7) is 10.2. The van der Waals surface area contributed by atoms with E-state index in [0.29, 0.717) is 24.2 Å². The molecule has 4 aliphatic rings. The van der Waals surface area contributed by atoms with E-state index < -0.39 is 5.60 Å². The molecular weight excluding hydrogens is 324 g/mol. The molecule has 0 saturated heterocycles. The first-order valence-corrected chi connectivity index (χ1v) is 10.2. The number of ketones is 2. The fraction of sp³-hybridized carbons (Fsp3) is 0.739. The molecule has 0 aromatic rings. The molecule has 142 valence electrons. The summed E-state index contributed by atoms with van der Waals surface area (Å²) in [5.41, 5.74) is 0.977. The number of carbonyl (C=O) groups is 2. The van der Waals surface area contributed by atoms with E-state index in [4.69, 9.17) is 0 Å². The molecule has 0 radical (unpaired) electrons. The second-order valence-corrected chi connectivity index (χ2v) is 10.00. The zero-order valence-electron chi connectivity index (χ0n) is 16.8. The van der Waals surface area contributed by atoms with Crippen LogP contribution in [0.3, 0.4) is 0 Å². The number of hydrogen-bond donors (Lipinski definition) is 1. The topological polar surface area (TPSA) is 54.4 Å². The Balaban J connectivity index is 1.82. The summed E-state index contributed by atoms with van der Waals surface area (Å²) in [5.74, 6) is 1.41. The number of hydrogen-bond acceptors (Lipinski definition) is 3. The zero-order chi connectivity index (χ0) is 19.1. The lowest BCUT2D eigenvalue weighted by Gasteiger charge is -2.57. The van der Waals surface area contributed by atoms with Crippen molar-refractivity contribution in [3.63, 3.8) is 0 Å². The molecule has 3 heteroatoms. The monoisotopic (exact) mass is 356 g/mol. The second kappa shape index (κ2) is 5.41. The summed E-state index contributed by atoms with van der Waals surface area (Å²) in [6, 6.07) is 0. The molecule has 7 unspecified atom stereocenters. The van der Waals surface area contributed by atoms with Crippen molar-refractivity contribution in [3.05, 3.63) is 23.3 Å². The Morgan fingerprint density at radius 2 is 1.92 bits per heavy atom. The quantitative estimate of drug-likeness (QED) is 0.764. The SMILES string of the molecule is CC(=O)C1(O)C(C)CC2C3C=C(C)C4=CC(=O)CCC4(C)C3CCC21C. The van der Waals surface area contributed by atoms with E-state index in [1.54, 1.807) is 6.92 Å². The highest BCUT2D eigenvalue weighted by molar-refractivity contribution is 5.92. The molecule has 26 heavy (non-hydrogen) atoms. The summed E-state index contributed by atoms with van der Waals surface area (Å²) in [7, 11) is 0. The van der Waals surface area contributed by atoms with Crippen LogP contribution in [0.25, 0.3) is 0 Å². The standard InChI is InChI=1S/C23H32O3/c1-13-10-17-18(21(4)8-6-16(25)12-19(13)21)7-9-22(5)20(17)11-14(2)23(22,26)15(3)24/h10,12,14,17-18,20,26H,6-9,11H2,1-5H3. The highest BCUT2D eigenvalue weighted by atomic mass is 16.3. The van der Waals surface area contributed by atoms with Crippen LogP contribution in [0, 0.1) is 34.5 Å². The second-order valence-electron chi connectivity index (χ2n) is 10.00. The van der Waals surface area contributed by atoms with E-state index in [-0.39, 0.29) is 28.3 Å². The molecule has 0 amide bonds. The minimum atomic E-state index is -1.20. The molecule has 7 atom stereocenters. The summed E-state index contributed by atoms with van der Waals surface area (Å²) in [5, 5.41) is 11.5. The number of Topliss-reactive ketones (excluding diaryl/α,β-unsaturated/α-hetero) is 1. The molecule has 0 aromatic carbocycles. The van der Waals surface area contributed by atoms with Crippen LogP contribution in [-0.2, 0) is 9.59 Å². The summed E-state index contributed by atoms with van der Waals surface area (Å²) in [4.78, 5) is 24.5. The van der Waals surface area contributed by atoms with Gasteiger partial charge in [-0.1, -0.05) is 32.4 Å². The third kappa shape index (κ3) is 1.99. The van der Waals surface area contributed by atoms with Gasteiger partial charge in [0, 0.05) is 11.8 Å². The van der Waals surface area contributed by atoms with Gasteiger partial charge in [-0.05, 0) is 80.3 Å². The predicted octanol–water partition coefficient (Wildman–Crippen LogP) is 4.25.